The SMILES string of the molecule is [SiH3]CCc1c2ccccc2c(C2=CC3CCC2C3)c2ccccc12. The maximum absolute atomic E-state index is 2.61. The lowest BCUT2D eigenvalue weighted by molar-refractivity contribution is 0.695. The van der Waals surface area contributed by atoms with Crippen LogP contribution in [-0.4, -0.2) is 10.2 Å². The molecule has 120 valence electrons. The minimum Gasteiger partial charge on any atom is -0.0773 e. The molecule has 2 aliphatic rings. The van der Waals surface area contributed by atoms with Crippen molar-refractivity contribution in [3.63, 3.8) is 0 Å². The number of fused-ring (bicyclic) bond motifs is 4. The summed E-state index contributed by atoms with van der Waals surface area (Å²) in [5, 5.41) is 5.96. The van der Waals surface area contributed by atoms with Crippen LogP contribution in [0.3, 0.4) is 0 Å². The Hall–Kier alpha value is -1.86. The Balaban J connectivity index is 1.91. The molecule has 1 fully saturated rings. The van der Waals surface area contributed by atoms with Crippen molar-refractivity contribution in [2.24, 2.45) is 11.8 Å². The van der Waals surface area contributed by atoms with Gasteiger partial charge in [-0.1, -0.05) is 60.7 Å². The van der Waals surface area contributed by atoms with Gasteiger partial charge in [-0.25, -0.2) is 0 Å². The van der Waals surface area contributed by atoms with Crippen LogP contribution in [0.25, 0.3) is 27.1 Å². The maximum atomic E-state index is 2.61. The quantitative estimate of drug-likeness (QED) is 0.462. The zero-order valence-corrected chi connectivity index (χ0v) is 16.4. The predicted molar refractivity (Wildman–Crippen MR) is 109 cm³/mol. The van der Waals surface area contributed by atoms with Gasteiger partial charge in [-0.2, -0.15) is 0 Å². The molecule has 2 atom stereocenters. The summed E-state index contributed by atoms with van der Waals surface area (Å²) < 4.78 is 0. The first kappa shape index (κ1) is 14.5. The highest BCUT2D eigenvalue weighted by atomic mass is 28.1. The van der Waals surface area contributed by atoms with Gasteiger partial charge in [0.25, 0.3) is 0 Å². The van der Waals surface area contributed by atoms with Gasteiger partial charge in [0.05, 0.1) is 0 Å². The third kappa shape index (κ3) is 2.04. The molecule has 2 unspecified atom stereocenters. The summed E-state index contributed by atoms with van der Waals surface area (Å²) in [4.78, 5) is 0. The van der Waals surface area contributed by atoms with E-state index in [-0.39, 0.29) is 0 Å². The summed E-state index contributed by atoms with van der Waals surface area (Å²) in [6.07, 6.45) is 8.01. The summed E-state index contributed by atoms with van der Waals surface area (Å²) in [7, 11) is 1.27. The van der Waals surface area contributed by atoms with E-state index < -0.39 is 0 Å². The second kappa shape index (κ2) is 5.60. The van der Waals surface area contributed by atoms with E-state index in [0.717, 1.165) is 11.8 Å². The van der Waals surface area contributed by atoms with E-state index in [2.05, 4.69) is 54.6 Å². The Bertz CT molecular complexity index is 909. The molecule has 0 aliphatic heterocycles. The van der Waals surface area contributed by atoms with Gasteiger partial charge in [0, 0.05) is 10.2 Å². The second-order valence-corrected chi connectivity index (χ2v) is 8.59. The third-order valence-electron chi connectivity index (χ3n) is 6.16. The Kier molecular flexibility index (Phi) is 3.38. The van der Waals surface area contributed by atoms with Gasteiger partial charge in [0.2, 0.25) is 0 Å². The van der Waals surface area contributed by atoms with Crippen molar-refractivity contribution in [2.75, 3.05) is 0 Å². The molecule has 3 aromatic carbocycles. The first-order chi connectivity index (χ1) is 11.9. The van der Waals surface area contributed by atoms with Crippen molar-refractivity contribution >= 4 is 37.4 Å². The van der Waals surface area contributed by atoms with Crippen molar-refractivity contribution in [2.45, 2.75) is 31.7 Å². The number of hydrogen-bond donors (Lipinski definition) is 0. The van der Waals surface area contributed by atoms with Gasteiger partial charge in [0.1, 0.15) is 0 Å². The molecule has 0 aromatic heterocycles. The first-order valence-corrected chi connectivity index (χ1v) is 10.9. The summed E-state index contributed by atoms with van der Waals surface area (Å²) in [6.45, 7) is 0. The molecule has 24 heavy (non-hydrogen) atoms. The molecule has 1 saturated carbocycles. The number of allylic oxidation sites excluding steroid dienone is 2. The van der Waals surface area contributed by atoms with E-state index >= 15 is 0 Å². The Labute approximate surface area is 147 Å². The Morgan fingerprint density at radius 2 is 1.46 bits per heavy atom. The molecule has 2 aliphatic carbocycles. The van der Waals surface area contributed by atoms with Crippen molar-refractivity contribution in [3.8, 4) is 0 Å². The van der Waals surface area contributed by atoms with Crippen LogP contribution in [-0.2, 0) is 6.42 Å². The largest absolute Gasteiger partial charge is 0.0773 e. The lowest BCUT2D eigenvalue weighted by atomic mass is 9.83. The second-order valence-electron chi connectivity index (χ2n) is 7.59. The van der Waals surface area contributed by atoms with Crippen LogP contribution in [0.5, 0.6) is 0 Å². The van der Waals surface area contributed by atoms with E-state index in [4.69, 9.17) is 0 Å². The van der Waals surface area contributed by atoms with Gasteiger partial charge < -0.3 is 0 Å². The molecule has 0 N–H and O–H groups in total. The van der Waals surface area contributed by atoms with Gasteiger partial charge in [0.15, 0.2) is 0 Å². The van der Waals surface area contributed by atoms with Crippen LogP contribution in [0, 0.1) is 11.8 Å². The minimum atomic E-state index is 0.797. The van der Waals surface area contributed by atoms with Gasteiger partial charge in [-0.05, 0) is 75.8 Å². The standard InChI is InChI=1S/C23H24Si/c24-12-11-19-17-5-1-3-7-20(17)23(21-8-4-2-6-18(19)21)22-14-15-9-10-16(22)13-15/h1-8,14-16H,9-13H2,24H3. The molecule has 0 spiro atoms. The number of benzene rings is 3. The molecular weight excluding hydrogens is 304 g/mol. The average molecular weight is 329 g/mol. The zero-order valence-electron chi connectivity index (χ0n) is 14.4. The summed E-state index contributed by atoms with van der Waals surface area (Å²) >= 11 is 0. The van der Waals surface area contributed by atoms with Gasteiger partial charge in [-0.3, -0.25) is 0 Å². The van der Waals surface area contributed by atoms with Crippen molar-refractivity contribution in [1.82, 2.24) is 0 Å². The van der Waals surface area contributed by atoms with E-state index in [0.29, 0.717) is 0 Å². The fourth-order valence-electron chi connectivity index (χ4n) is 5.18. The molecule has 0 amide bonds. The first-order valence-electron chi connectivity index (χ1n) is 9.51. The maximum Gasteiger partial charge on any atom is 0.00322 e. The van der Waals surface area contributed by atoms with Crippen LogP contribution in [0.15, 0.2) is 54.6 Å². The molecule has 3 aromatic rings. The minimum absolute atomic E-state index is 0.797. The van der Waals surface area contributed by atoms with Crippen LogP contribution in [0.1, 0.15) is 30.4 Å². The molecule has 0 heterocycles. The van der Waals surface area contributed by atoms with Gasteiger partial charge >= 0.3 is 0 Å². The molecule has 1 heteroatoms. The molecular formula is C23H24Si. The van der Waals surface area contributed by atoms with Crippen LogP contribution in [0.2, 0.25) is 6.04 Å². The molecule has 0 saturated heterocycles. The topological polar surface area (TPSA) is 0 Å². The molecule has 0 nitrogen and oxygen atoms in total. The Morgan fingerprint density at radius 3 is 1.96 bits per heavy atom. The fraction of sp³-hybridized carbons (Fsp3) is 0.304. The number of hydrogen-bond acceptors (Lipinski definition) is 0. The summed E-state index contributed by atoms with van der Waals surface area (Å²) in [5.74, 6) is 1.63. The van der Waals surface area contributed by atoms with Gasteiger partial charge in [-0.15, -0.1) is 0 Å². The average Bonchev–Trinajstić information content (AvgIpc) is 3.25. The third-order valence-corrected chi connectivity index (χ3v) is 6.66. The zero-order chi connectivity index (χ0) is 16.1. The monoisotopic (exact) mass is 328 g/mol. The summed E-state index contributed by atoms with van der Waals surface area (Å²) in [6, 6.07) is 19.6. The van der Waals surface area contributed by atoms with Crippen LogP contribution >= 0.6 is 0 Å². The number of aryl methyl sites for hydroxylation is 1. The van der Waals surface area contributed by atoms with Crippen molar-refractivity contribution in [1.29, 1.82) is 0 Å². The fourth-order valence-corrected chi connectivity index (χ4v) is 5.68. The van der Waals surface area contributed by atoms with Crippen LogP contribution in [0.4, 0.5) is 0 Å². The Morgan fingerprint density at radius 1 is 0.833 bits per heavy atom. The van der Waals surface area contributed by atoms with Crippen LogP contribution < -0.4 is 0 Å². The van der Waals surface area contributed by atoms with Crippen molar-refractivity contribution in [3.05, 3.63) is 65.7 Å². The predicted octanol–water partition coefficient (Wildman–Crippen LogP) is 5.13. The molecule has 5 rings (SSSR count). The summed E-state index contributed by atoms with van der Waals surface area (Å²) in [5.41, 5.74) is 4.77. The highest BCUT2D eigenvalue weighted by Crippen LogP contribution is 2.51. The van der Waals surface area contributed by atoms with E-state index in [1.54, 1.807) is 16.7 Å². The van der Waals surface area contributed by atoms with E-state index in [9.17, 15) is 0 Å². The normalized spacial score (nSPS) is 22.6. The lowest BCUT2D eigenvalue weighted by Crippen LogP contribution is -2.01. The number of rotatable bonds is 3. The van der Waals surface area contributed by atoms with E-state index in [1.165, 1.54) is 63.5 Å². The molecule has 0 radical (unpaired) electrons. The highest BCUT2D eigenvalue weighted by Gasteiger charge is 2.34. The van der Waals surface area contributed by atoms with Crippen molar-refractivity contribution < 1.29 is 0 Å². The highest BCUT2D eigenvalue weighted by molar-refractivity contribution is 6.13. The lowest BCUT2D eigenvalue weighted by Gasteiger charge is -2.21. The smallest absolute Gasteiger partial charge is 0.00322 e. The molecule has 2 bridgehead atoms. The van der Waals surface area contributed by atoms with E-state index in [1.807, 2.05) is 0 Å².